The molecule has 0 bridgehead atoms. The quantitative estimate of drug-likeness (QED) is 0.676. The third-order valence-electron chi connectivity index (χ3n) is 2.64. The molecule has 0 fully saturated rings. The van der Waals surface area contributed by atoms with Gasteiger partial charge in [-0.1, -0.05) is 11.6 Å². The Hall–Kier alpha value is -1.62. The van der Waals surface area contributed by atoms with Gasteiger partial charge in [-0.3, -0.25) is 9.59 Å². The van der Waals surface area contributed by atoms with Gasteiger partial charge in [0.05, 0.1) is 10.8 Å². The van der Waals surface area contributed by atoms with E-state index < -0.39 is 0 Å². The van der Waals surface area contributed by atoms with Gasteiger partial charge in [0.25, 0.3) is 11.1 Å². The molecule has 0 aliphatic rings. The van der Waals surface area contributed by atoms with E-state index in [1.165, 1.54) is 11.6 Å². The van der Waals surface area contributed by atoms with E-state index in [1.54, 1.807) is 20.0 Å². The molecule has 6 heteroatoms. The van der Waals surface area contributed by atoms with E-state index in [0.717, 1.165) is 4.68 Å². The van der Waals surface area contributed by atoms with Gasteiger partial charge in [0.1, 0.15) is 0 Å². The predicted octanol–water partition coefficient (Wildman–Crippen LogP) is 0.594. The molecule has 0 amide bonds. The molecule has 0 aliphatic heterocycles. The van der Waals surface area contributed by atoms with Crippen molar-refractivity contribution in [1.82, 2.24) is 14.3 Å². The van der Waals surface area contributed by atoms with E-state index in [2.05, 4.69) is 5.10 Å². The first kappa shape index (κ1) is 10.9. The Labute approximate surface area is 95.9 Å². The van der Waals surface area contributed by atoms with Crippen LogP contribution in [0.15, 0.2) is 15.7 Å². The molecule has 2 aromatic heterocycles. The SMILES string of the molecule is Cc1cc2c(=O)n(C)nc(Cl)c2c(=O)n1C. The van der Waals surface area contributed by atoms with E-state index in [1.807, 2.05) is 0 Å². The molecule has 0 saturated heterocycles. The van der Waals surface area contributed by atoms with Crippen LogP contribution in [0.5, 0.6) is 0 Å². The molecule has 0 spiro atoms. The van der Waals surface area contributed by atoms with Gasteiger partial charge in [0.15, 0.2) is 5.15 Å². The van der Waals surface area contributed by atoms with Crippen molar-refractivity contribution in [3.05, 3.63) is 37.6 Å². The Morgan fingerprint density at radius 1 is 1.25 bits per heavy atom. The lowest BCUT2D eigenvalue weighted by atomic mass is 10.2. The molecule has 0 atom stereocenters. The van der Waals surface area contributed by atoms with Crippen molar-refractivity contribution in [2.75, 3.05) is 0 Å². The fourth-order valence-electron chi connectivity index (χ4n) is 1.59. The lowest BCUT2D eigenvalue weighted by Crippen LogP contribution is -2.26. The summed E-state index contributed by atoms with van der Waals surface area (Å²) in [4.78, 5) is 23.7. The van der Waals surface area contributed by atoms with Crippen LogP contribution in [0.3, 0.4) is 0 Å². The Kier molecular flexibility index (Phi) is 2.35. The van der Waals surface area contributed by atoms with Gasteiger partial charge in [-0.2, -0.15) is 5.10 Å². The Morgan fingerprint density at radius 3 is 2.50 bits per heavy atom. The summed E-state index contributed by atoms with van der Waals surface area (Å²) < 4.78 is 2.57. The van der Waals surface area contributed by atoms with E-state index >= 15 is 0 Å². The number of halogens is 1. The smallest absolute Gasteiger partial charge is 0.274 e. The lowest BCUT2D eigenvalue weighted by Gasteiger charge is -2.07. The summed E-state index contributed by atoms with van der Waals surface area (Å²) in [6.45, 7) is 1.76. The Bertz CT molecular complexity index is 700. The molecule has 2 rings (SSSR count). The van der Waals surface area contributed by atoms with Gasteiger partial charge >= 0.3 is 0 Å². The maximum absolute atomic E-state index is 11.9. The number of pyridine rings is 1. The number of nitrogens with zero attached hydrogens (tertiary/aromatic N) is 3. The highest BCUT2D eigenvalue weighted by atomic mass is 35.5. The van der Waals surface area contributed by atoms with Gasteiger partial charge in [-0.05, 0) is 13.0 Å². The molecule has 2 aromatic rings. The van der Waals surface area contributed by atoms with E-state index in [9.17, 15) is 9.59 Å². The van der Waals surface area contributed by atoms with Gasteiger partial charge in [-0.15, -0.1) is 0 Å². The van der Waals surface area contributed by atoms with E-state index in [4.69, 9.17) is 11.6 Å². The number of aromatic nitrogens is 3. The Balaban J connectivity index is 3.20. The van der Waals surface area contributed by atoms with Crippen LogP contribution < -0.4 is 11.1 Å². The summed E-state index contributed by atoms with van der Waals surface area (Å²) in [6, 6.07) is 1.65. The fourth-order valence-corrected chi connectivity index (χ4v) is 1.89. The standard InChI is InChI=1S/C10H10ClN3O2/c1-5-4-6-7(10(16)13(5)2)8(11)12-14(3)9(6)15/h4H,1-3H3. The molecule has 5 nitrogen and oxygen atoms in total. The first-order chi connectivity index (χ1) is 7.43. The fraction of sp³-hybridized carbons (Fsp3) is 0.300. The van der Waals surface area contributed by atoms with Crippen molar-refractivity contribution in [2.45, 2.75) is 6.92 Å². The first-order valence-corrected chi connectivity index (χ1v) is 5.04. The third-order valence-corrected chi connectivity index (χ3v) is 2.90. The zero-order chi connectivity index (χ0) is 12.0. The van der Waals surface area contributed by atoms with E-state index in [0.29, 0.717) is 11.1 Å². The summed E-state index contributed by atoms with van der Waals surface area (Å²) in [6.07, 6.45) is 0. The van der Waals surface area contributed by atoms with Crippen LogP contribution in [0, 0.1) is 6.92 Å². The molecule has 0 unspecified atom stereocenters. The second-order valence-corrected chi connectivity index (χ2v) is 4.02. The maximum atomic E-state index is 11.9. The lowest BCUT2D eigenvalue weighted by molar-refractivity contribution is 0.715. The summed E-state index contributed by atoms with van der Waals surface area (Å²) >= 11 is 5.88. The minimum absolute atomic E-state index is 0.0534. The van der Waals surface area contributed by atoms with Crippen LogP contribution in [0.2, 0.25) is 5.15 Å². The molecule has 0 aromatic carbocycles. The molecule has 16 heavy (non-hydrogen) atoms. The highest BCUT2D eigenvalue weighted by molar-refractivity contribution is 6.34. The number of fused-ring (bicyclic) bond motifs is 1. The zero-order valence-electron chi connectivity index (χ0n) is 9.11. The predicted molar refractivity (Wildman–Crippen MR) is 62.0 cm³/mol. The molecule has 0 aliphatic carbocycles. The number of hydrogen-bond acceptors (Lipinski definition) is 3. The average Bonchev–Trinajstić information content (AvgIpc) is 2.22. The van der Waals surface area contributed by atoms with Crippen molar-refractivity contribution in [3.63, 3.8) is 0 Å². The maximum Gasteiger partial charge on any atom is 0.274 e. The summed E-state index contributed by atoms with van der Waals surface area (Å²) in [5.74, 6) is 0. The van der Waals surface area contributed by atoms with Crippen molar-refractivity contribution >= 4 is 22.4 Å². The second kappa shape index (κ2) is 3.45. The van der Waals surface area contributed by atoms with Gasteiger partial charge in [-0.25, -0.2) is 4.68 Å². The van der Waals surface area contributed by atoms with Gasteiger partial charge in [0.2, 0.25) is 0 Å². The van der Waals surface area contributed by atoms with Crippen LogP contribution in [0.25, 0.3) is 10.8 Å². The average molecular weight is 240 g/mol. The minimum Gasteiger partial charge on any atom is -0.315 e. The van der Waals surface area contributed by atoms with Crippen LogP contribution >= 0.6 is 11.6 Å². The summed E-state index contributed by atoms with van der Waals surface area (Å²) in [5, 5.41) is 4.33. The molecule has 0 saturated carbocycles. The van der Waals surface area contributed by atoms with Gasteiger partial charge < -0.3 is 4.57 Å². The third kappa shape index (κ3) is 1.36. The largest absolute Gasteiger partial charge is 0.315 e. The van der Waals surface area contributed by atoms with E-state index in [-0.39, 0.29) is 21.7 Å². The first-order valence-electron chi connectivity index (χ1n) is 4.66. The zero-order valence-corrected chi connectivity index (χ0v) is 9.87. The topological polar surface area (TPSA) is 56.9 Å². The van der Waals surface area contributed by atoms with Crippen LogP contribution in [0.4, 0.5) is 0 Å². The monoisotopic (exact) mass is 239 g/mol. The molecule has 84 valence electrons. The van der Waals surface area contributed by atoms with Crippen molar-refractivity contribution in [2.24, 2.45) is 14.1 Å². The summed E-state index contributed by atoms with van der Waals surface area (Å²) in [7, 11) is 3.13. The molecular weight excluding hydrogens is 230 g/mol. The summed E-state index contributed by atoms with van der Waals surface area (Å²) in [5.41, 5.74) is 0.0854. The van der Waals surface area contributed by atoms with Crippen LogP contribution in [-0.2, 0) is 14.1 Å². The highest BCUT2D eigenvalue weighted by Gasteiger charge is 2.13. The number of rotatable bonds is 0. The van der Waals surface area contributed by atoms with Crippen molar-refractivity contribution < 1.29 is 0 Å². The Morgan fingerprint density at radius 2 is 1.88 bits per heavy atom. The van der Waals surface area contributed by atoms with Gasteiger partial charge in [0, 0.05) is 19.8 Å². The number of hydrogen-bond donors (Lipinski definition) is 0. The number of aryl methyl sites for hydroxylation is 2. The molecule has 0 N–H and O–H groups in total. The minimum atomic E-state index is -0.319. The normalized spacial score (nSPS) is 11.0. The highest BCUT2D eigenvalue weighted by Crippen LogP contribution is 2.14. The molecular formula is C10H10ClN3O2. The van der Waals surface area contributed by atoms with Crippen LogP contribution in [0.1, 0.15) is 5.69 Å². The van der Waals surface area contributed by atoms with Crippen molar-refractivity contribution in [3.8, 4) is 0 Å². The second-order valence-electron chi connectivity index (χ2n) is 3.66. The molecule has 2 heterocycles. The van der Waals surface area contributed by atoms with Crippen molar-refractivity contribution in [1.29, 1.82) is 0 Å². The molecule has 0 radical (unpaired) electrons. The van der Waals surface area contributed by atoms with Crippen LogP contribution in [-0.4, -0.2) is 14.3 Å².